The van der Waals surface area contributed by atoms with Gasteiger partial charge in [0.25, 0.3) is 0 Å². The third-order valence-electron chi connectivity index (χ3n) is 6.12. The Morgan fingerprint density at radius 1 is 1.17 bits per heavy atom. The molecule has 1 unspecified atom stereocenters. The molecule has 1 aliphatic heterocycles. The highest BCUT2D eigenvalue weighted by Crippen LogP contribution is 2.49. The van der Waals surface area contributed by atoms with Gasteiger partial charge in [-0.2, -0.15) is 11.8 Å². The van der Waals surface area contributed by atoms with Gasteiger partial charge in [-0.25, -0.2) is 0 Å². The smallest absolute Gasteiger partial charge is 0.0973 e. The fourth-order valence-electron chi connectivity index (χ4n) is 4.02. The molecule has 0 radical (unpaired) electrons. The lowest BCUT2D eigenvalue weighted by atomic mass is 9.93. The predicted molar refractivity (Wildman–Crippen MR) is 127 cm³/mol. The number of nitrogens with zero attached hydrogens (tertiary/aromatic N) is 2. The number of thioether (sulfide) groups is 1. The van der Waals surface area contributed by atoms with Crippen LogP contribution in [0.2, 0.25) is 0 Å². The third-order valence-corrected chi connectivity index (χ3v) is 7.48. The second-order valence-corrected chi connectivity index (χ2v) is 10.3. The van der Waals surface area contributed by atoms with Crippen LogP contribution in [0.4, 0.5) is 0 Å². The normalized spacial score (nSPS) is 22.6. The van der Waals surface area contributed by atoms with Crippen molar-refractivity contribution in [2.75, 3.05) is 25.4 Å². The first-order valence-corrected chi connectivity index (χ1v) is 11.4. The maximum Gasteiger partial charge on any atom is 0.0973 e. The Hall–Kier alpha value is -2.18. The molecule has 4 rings (SSSR count). The Labute approximate surface area is 183 Å². The van der Waals surface area contributed by atoms with Crippen LogP contribution in [-0.2, 0) is 5.41 Å². The summed E-state index contributed by atoms with van der Waals surface area (Å²) in [6, 6.07) is 13.0. The molecule has 1 aromatic carbocycles. The van der Waals surface area contributed by atoms with Crippen LogP contribution in [0.15, 0.2) is 42.6 Å². The van der Waals surface area contributed by atoms with Crippen molar-refractivity contribution in [2.45, 2.75) is 43.3 Å². The lowest BCUT2D eigenvalue weighted by Gasteiger charge is -2.30. The Morgan fingerprint density at radius 3 is 2.43 bits per heavy atom. The lowest BCUT2D eigenvalue weighted by Crippen LogP contribution is -2.39. The summed E-state index contributed by atoms with van der Waals surface area (Å²) in [6.45, 7) is 8.56. The lowest BCUT2D eigenvalue weighted by molar-refractivity contribution is 0.257. The summed E-state index contributed by atoms with van der Waals surface area (Å²) in [5.74, 6) is 1.64. The van der Waals surface area contributed by atoms with E-state index >= 15 is 0 Å². The van der Waals surface area contributed by atoms with Gasteiger partial charge in [-0.15, -0.1) is 0 Å². The molecule has 1 aliphatic carbocycles. The van der Waals surface area contributed by atoms with Crippen LogP contribution in [0, 0.1) is 17.7 Å². The molecule has 2 fully saturated rings. The molecule has 30 heavy (non-hydrogen) atoms. The summed E-state index contributed by atoms with van der Waals surface area (Å²) in [7, 11) is 0. The van der Waals surface area contributed by atoms with E-state index in [-0.39, 0.29) is 16.8 Å². The molecule has 1 aromatic heterocycles. The number of aryl methyl sites for hydroxylation is 1. The highest BCUT2D eigenvalue weighted by molar-refractivity contribution is 8.00. The molecule has 1 atom stereocenters. The maximum atomic E-state index is 9.70. The molecular weight excluding hydrogens is 392 g/mol. The van der Waals surface area contributed by atoms with Crippen molar-refractivity contribution in [2.24, 2.45) is 0 Å². The topological polar surface area (TPSA) is 84.1 Å². The SMILES string of the molecule is C=N.Cc1ccc(-c2ccc(C3(CN4CCSC(C)(CO)CC4=N)CC3)cc2)nc1. The monoisotopic (exact) mass is 424 g/mol. The van der Waals surface area contributed by atoms with Crippen molar-refractivity contribution >= 4 is 24.3 Å². The van der Waals surface area contributed by atoms with Crippen molar-refractivity contribution in [3.63, 3.8) is 0 Å². The highest BCUT2D eigenvalue weighted by atomic mass is 32.2. The van der Waals surface area contributed by atoms with Crippen LogP contribution in [-0.4, -0.2) is 57.7 Å². The van der Waals surface area contributed by atoms with Crippen LogP contribution >= 0.6 is 11.8 Å². The number of hydrogen-bond donors (Lipinski definition) is 3. The fourth-order valence-corrected chi connectivity index (χ4v) is 5.15. The summed E-state index contributed by atoms with van der Waals surface area (Å²) < 4.78 is -0.217. The van der Waals surface area contributed by atoms with Gasteiger partial charge in [0, 0.05) is 47.2 Å². The van der Waals surface area contributed by atoms with E-state index in [1.807, 2.05) is 6.20 Å². The van der Waals surface area contributed by atoms with E-state index in [1.54, 1.807) is 11.8 Å². The van der Waals surface area contributed by atoms with E-state index in [2.05, 4.69) is 66.8 Å². The number of aliphatic hydroxyl groups is 1. The zero-order chi connectivity index (χ0) is 21.8. The molecule has 2 heterocycles. The minimum absolute atomic E-state index is 0.132. The van der Waals surface area contributed by atoms with Gasteiger partial charge >= 0.3 is 0 Å². The molecule has 1 saturated heterocycles. The van der Waals surface area contributed by atoms with E-state index in [9.17, 15) is 5.11 Å². The van der Waals surface area contributed by atoms with Crippen molar-refractivity contribution < 1.29 is 5.11 Å². The average Bonchev–Trinajstić information content (AvgIpc) is 3.57. The Bertz CT molecular complexity index is 864. The molecule has 1 saturated carbocycles. The first-order valence-electron chi connectivity index (χ1n) is 10.4. The van der Waals surface area contributed by atoms with Gasteiger partial charge in [-0.05, 0) is 50.6 Å². The van der Waals surface area contributed by atoms with Crippen LogP contribution in [0.1, 0.15) is 37.3 Å². The van der Waals surface area contributed by atoms with Crippen LogP contribution in [0.3, 0.4) is 0 Å². The molecule has 3 N–H and O–H groups in total. The molecule has 2 aromatic rings. The first kappa shape index (κ1) is 22.5. The number of amidine groups is 1. The van der Waals surface area contributed by atoms with E-state index in [0.29, 0.717) is 12.3 Å². The zero-order valence-corrected chi connectivity index (χ0v) is 18.8. The van der Waals surface area contributed by atoms with E-state index < -0.39 is 0 Å². The summed E-state index contributed by atoms with van der Waals surface area (Å²) in [5.41, 5.74) is 4.88. The molecular formula is C24H32N4OS. The second kappa shape index (κ2) is 9.31. The van der Waals surface area contributed by atoms with Crippen LogP contribution < -0.4 is 0 Å². The number of pyridine rings is 1. The molecule has 0 bridgehead atoms. The zero-order valence-electron chi connectivity index (χ0n) is 17.9. The molecule has 0 spiro atoms. The van der Waals surface area contributed by atoms with Crippen molar-refractivity contribution in [3.8, 4) is 11.3 Å². The number of hydrogen-bond acceptors (Lipinski definition) is 5. The van der Waals surface area contributed by atoms with Crippen molar-refractivity contribution in [3.05, 3.63) is 53.7 Å². The van der Waals surface area contributed by atoms with Crippen molar-refractivity contribution in [1.82, 2.24) is 9.88 Å². The maximum absolute atomic E-state index is 9.70. The van der Waals surface area contributed by atoms with Gasteiger partial charge in [0.05, 0.1) is 18.1 Å². The van der Waals surface area contributed by atoms with Gasteiger partial charge in [0.15, 0.2) is 0 Å². The number of aliphatic hydroxyl groups excluding tert-OH is 1. The summed E-state index contributed by atoms with van der Waals surface area (Å²) >= 11 is 1.80. The average molecular weight is 425 g/mol. The number of aromatic nitrogens is 1. The van der Waals surface area contributed by atoms with E-state index in [1.165, 1.54) is 24.0 Å². The molecule has 0 amide bonds. The standard InChI is InChI=1S/C23H29N3OS.CH3N/c1-17-3-8-20(25-14-17)18-4-6-19(7-5-18)23(9-10-23)15-26-11-12-28-22(2,16-27)13-21(26)24;1-2/h3-8,14,24,27H,9-13,15-16H2,1-2H3;2H,1H2. The molecule has 6 heteroatoms. The Kier molecular flexibility index (Phi) is 6.98. The second-order valence-electron chi connectivity index (χ2n) is 8.58. The van der Waals surface area contributed by atoms with E-state index in [4.69, 9.17) is 10.8 Å². The predicted octanol–water partition coefficient (Wildman–Crippen LogP) is 4.52. The third kappa shape index (κ3) is 4.93. The van der Waals surface area contributed by atoms with Crippen molar-refractivity contribution in [1.29, 1.82) is 10.8 Å². The quantitative estimate of drug-likeness (QED) is 0.616. The fraction of sp³-hybridized carbons (Fsp3) is 0.458. The summed E-state index contributed by atoms with van der Waals surface area (Å²) in [6.07, 6.45) is 4.92. The van der Waals surface area contributed by atoms with Gasteiger partial charge in [-0.3, -0.25) is 10.4 Å². The molecule has 2 aliphatic rings. The van der Waals surface area contributed by atoms with Gasteiger partial charge in [-0.1, -0.05) is 30.3 Å². The summed E-state index contributed by atoms with van der Waals surface area (Å²) in [5, 5.41) is 23.8. The minimum Gasteiger partial charge on any atom is -0.395 e. The van der Waals surface area contributed by atoms with Gasteiger partial charge < -0.3 is 15.4 Å². The minimum atomic E-state index is -0.217. The Morgan fingerprint density at radius 2 is 1.87 bits per heavy atom. The largest absolute Gasteiger partial charge is 0.395 e. The van der Waals surface area contributed by atoms with Gasteiger partial charge in [0.2, 0.25) is 0 Å². The van der Waals surface area contributed by atoms with Crippen LogP contribution in [0.25, 0.3) is 11.3 Å². The summed E-state index contributed by atoms with van der Waals surface area (Å²) in [4.78, 5) is 6.78. The van der Waals surface area contributed by atoms with Gasteiger partial charge in [0.1, 0.15) is 0 Å². The highest BCUT2D eigenvalue weighted by Gasteiger charge is 2.46. The number of nitrogens with one attached hydrogen (secondary N) is 2. The number of rotatable bonds is 5. The van der Waals surface area contributed by atoms with E-state index in [0.717, 1.165) is 30.1 Å². The first-order chi connectivity index (χ1) is 14.4. The molecule has 5 nitrogen and oxygen atoms in total. The number of benzene rings is 1. The Balaban J connectivity index is 0.00000124. The molecule has 160 valence electrons. The van der Waals surface area contributed by atoms with Crippen LogP contribution in [0.5, 0.6) is 0 Å².